The molecule has 0 radical (unpaired) electrons. The topological polar surface area (TPSA) is 90.5 Å². The van der Waals surface area contributed by atoms with E-state index in [0.29, 0.717) is 17.8 Å². The summed E-state index contributed by atoms with van der Waals surface area (Å²) in [5.74, 6) is -0.437. The third-order valence-electron chi connectivity index (χ3n) is 4.91. The van der Waals surface area contributed by atoms with Gasteiger partial charge in [0.2, 0.25) is 11.8 Å². The van der Waals surface area contributed by atoms with Crippen LogP contribution in [0.4, 0.5) is 17.1 Å². The standard InChI is InChI=1S/C25H26N4O3/c1-18(30)29(2)23-14-12-21(13-15-23)26-17-24(31)28-22-10-8-20(9-11-22)25(32)27-16-19-6-4-3-5-7-19/h3-15,26H,16-17H2,1-2H3,(H,27,32)(H,28,31). The first-order chi connectivity index (χ1) is 15.4. The minimum Gasteiger partial charge on any atom is -0.376 e. The molecule has 0 saturated heterocycles. The molecule has 32 heavy (non-hydrogen) atoms. The van der Waals surface area contributed by atoms with Crippen molar-refractivity contribution in [1.29, 1.82) is 0 Å². The highest BCUT2D eigenvalue weighted by molar-refractivity contribution is 5.96. The zero-order valence-electron chi connectivity index (χ0n) is 18.1. The lowest BCUT2D eigenvalue weighted by atomic mass is 10.1. The first kappa shape index (κ1) is 22.6. The molecule has 3 aromatic rings. The molecule has 3 aromatic carbocycles. The first-order valence-electron chi connectivity index (χ1n) is 10.2. The van der Waals surface area contributed by atoms with Gasteiger partial charge in [-0.1, -0.05) is 30.3 Å². The molecule has 0 aliphatic carbocycles. The van der Waals surface area contributed by atoms with Gasteiger partial charge in [0.15, 0.2) is 0 Å². The zero-order chi connectivity index (χ0) is 22.9. The number of amides is 3. The molecule has 0 heterocycles. The smallest absolute Gasteiger partial charge is 0.251 e. The van der Waals surface area contributed by atoms with Crippen LogP contribution in [0, 0.1) is 0 Å². The molecule has 0 spiro atoms. The summed E-state index contributed by atoms with van der Waals surface area (Å²) in [4.78, 5) is 37.5. The summed E-state index contributed by atoms with van der Waals surface area (Å²) in [6.45, 7) is 2.04. The summed E-state index contributed by atoms with van der Waals surface area (Å²) in [5.41, 5.74) is 3.70. The Labute approximate surface area is 187 Å². The molecular formula is C25H26N4O3. The second-order valence-electron chi connectivity index (χ2n) is 7.27. The van der Waals surface area contributed by atoms with E-state index >= 15 is 0 Å². The third-order valence-corrected chi connectivity index (χ3v) is 4.91. The fourth-order valence-corrected chi connectivity index (χ4v) is 2.96. The fourth-order valence-electron chi connectivity index (χ4n) is 2.96. The van der Waals surface area contributed by atoms with Gasteiger partial charge in [0.05, 0.1) is 6.54 Å². The van der Waals surface area contributed by atoms with Crippen molar-refractivity contribution in [3.05, 3.63) is 90.0 Å². The SMILES string of the molecule is CC(=O)N(C)c1ccc(NCC(=O)Nc2ccc(C(=O)NCc3ccccc3)cc2)cc1. The molecular weight excluding hydrogens is 404 g/mol. The predicted molar refractivity (Wildman–Crippen MR) is 127 cm³/mol. The van der Waals surface area contributed by atoms with Gasteiger partial charge in [0, 0.05) is 43.1 Å². The van der Waals surface area contributed by atoms with Crippen molar-refractivity contribution >= 4 is 34.8 Å². The van der Waals surface area contributed by atoms with Crippen LogP contribution < -0.4 is 20.9 Å². The van der Waals surface area contributed by atoms with Crippen LogP contribution in [0.2, 0.25) is 0 Å². The van der Waals surface area contributed by atoms with Crippen molar-refractivity contribution in [2.24, 2.45) is 0 Å². The Morgan fingerprint density at radius 1 is 0.812 bits per heavy atom. The van der Waals surface area contributed by atoms with E-state index in [-0.39, 0.29) is 24.3 Å². The number of anilines is 3. The van der Waals surface area contributed by atoms with Crippen LogP contribution >= 0.6 is 0 Å². The number of benzene rings is 3. The Bertz CT molecular complexity index is 1060. The summed E-state index contributed by atoms with van der Waals surface area (Å²) in [6, 6.07) is 23.7. The summed E-state index contributed by atoms with van der Waals surface area (Å²) in [6.07, 6.45) is 0. The lowest BCUT2D eigenvalue weighted by Crippen LogP contribution is -2.23. The Morgan fingerprint density at radius 2 is 1.44 bits per heavy atom. The van der Waals surface area contributed by atoms with E-state index in [4.69, 9.17) is 0 Å². The maximum absolute atomic E-state index is 12.3. The summed E-state index contributed by atoms with van der Waals surface area (Å²) >= 11 is 0. The van der Waals surface area contributed by atoms with Crippen molar-refractivity contribution in [3.8, 4) is 0 Å². The van der Waals surface area contributed by atoms with E-state index in [1.54, 1.807) is 36.2 Å². The lowest BCUT2D eigenvalue weighted by molar-refractivity contribution is -0.116. The van der Waals surface area contributed by atoms with Crippen molar-refractivity contribution < 1.29 is 14.4 Å². The second-order valence-corrected chi connectivity index (χ2v) is 7.27. The van der Waals surface area contributed by atoms with E-state index in [1.807, 2.05) is 54.6 Å². The van der Waals surface area contributed by atoms with Crippen LogP contribution in [0.3, 0.4) is 0 Å². The van der Waals surface area contributed by atoms with Gasteiger partial charge in [-0.25, -0.2) is 0 Å². The number of rotatable bonds is 8. The second kappa shape index (κ2) is 10.8. The van der Waals surface area contributed by atoms with Gasteiger partial charge >= 0.3 is 0 Å². The van der Waals surface area contributed by atoms with Gasteiger partial charge < -0.3 is 20.9 Å². The number of hydrogen-bond donors (Lipinski definition) is 3. The maximum Gasteiger partial charge on any atom is 0.251 e. The van der Waals surface area contributed by atoms with Crippen molar-refractivity contribution in [1.82, 2.24) is 5.32 Å². The molecule has 7 nitrogen and oxygen atoms in total. The summed E-state index contributed by atoms with van der Waals surface area (Å²) < 4.78 is 0. The first-order valence-corrected chi connectivity index (χ1v) is 10.2. The monoisotopic (exact) mass is 430 g/mol. The predicted octanol–water partition coefficient (Wildman–Crippen LogP) is 3.65. The van der Waals surface area contributed by atoms with E-state index in [0.717, 1.165) is 16.9 Å². The number of carbonyl (C=O) groups is 3. The molecule has 0 aromatic heterocycles. The van der Waals surface area contributed by atoms with Gasteiger partial charge in [0.1, 0.15) is 0 Å². The zero-order valence-corrected chi connectivity index (χ0v) is 18.1. The molecule has 0 aliphatic rings. The molecule has 0 bridgehead atoms. The van der Waals surface area contributed by atoms with Gasteiger partial charge in [-0.05, 0) is 54.1 Å². The fraction of sp³-hybridized carbons (Fsp3) is 0.160. The molecule has 0 saturated carbocycles. The highest BCUT2D eigenvalue weighted by atomic mass is 16.2. The van der Waals surface area contributed by atoms with Crippen LogP contribution in [0.15, 0.2) is 78.9 Å². The van der Waals surface area contributed by atoms with Crippen LogP contribution in [0.25, 0.3) is 0 Å². The Morgan fingerprint density at radius 3 is 2.06 bits per heavy atom. The summed E-state index contributed by atoms with van der Waals surface area (Å²) in [5, 5.41) is 8.71. The van der Waals surface area contributed by atoms with E-state index < -0.39 is 0 Å². The average Bonchev–Trinajstić information content (AvgIpc) is 2.82. The highest BCUT2D eigenvalue weighted by Gasteiger charge is 2.08. The average molecular weight is 431 g/mol. The third kappa shape index (κ3) is 6.43. The molecule has 0 unspecified atom stereocenters. The van der Waals surface area contributed by atoms with E-state index in [2.05, 4.69) is 16.0 Å². The molecule has 0 atom stereocenters. The normalized spacial score (nSPS) is 10.2. The number of carbonyl (C=O) groups excluding carboxylic acids is 3. The Kier molecular flexibility index (Phi) is 7.59. The van der Waals surface area contributed by atoms with Crippen molar-refractivity contribution in [2.45, 2.75) is 13.5 Å². The van der Waals surface area contributed by atoms with E-state index in [1.165, 1.54) is 6.92 Å². The van der Waals surface area contributed by atoms with Crippen LogP contribution in [0.1, 0.15) is 22.8 Å². The minimum atomic E-state index is -0.212. The molecule has 7 heteroatoms. The Hall–Kier alpha value is -4.13. The maximum atomic E-state index is 12.3. The Balaban J connectivity index is 1.46. The quantitative estimate of drug-likeness (QED) is 0.509. The van der Waals surface area contributed by atoms with Crippen molar-refractivity contribution in [3.63, 3.8) is 0 Å². The molecule has 3 rings (SSSR count). The van der Waals surface area contributed by atoms with Crippen molar-refractivity contribution in [2.75, 3.05) is 29.1 Å². The molecule has 164 valence electrons. The molecule has 3 N–H and O–H groups in total. The van der Waals surface area contributed by atoms with Gasteiger partial charge in [-0.2, -0.15) is 0 Å². The number of hydrogen-bond acceptors (Lipinski definition) is 4. The van der Waals surface area contributed by atoms with Crippen LogP contribution in [-0.4, -0.2) is 31.3 Å². The van der Waals surface area contributed by atoms with Crippen LogP contribution in [-0.2, 0) is 16.1 Å². The number of nitrogens with zero attached hydrogens (tertiary/aromatic N) is 1. The van der Waals surface area contributed by atoms with E-state index in [9.17, 15) is 14.4 Å². The molecule has 0 fully saturated rings. The number of nitrogens with one attached hydrogen (secondary N) is 3. The van der Waals surface area contributed by atoms with Gasteiger partial charge in [-0.15, -0.1) is 0 Å². The van der Waals surface area contributed by atoms with Gasteiger partial charge in [-0.3, -0.25) is 14.4 Å². The highest BCUT2D eigenvalue weighted by Crippen LogP contribution is 2.17. The summed E-state index contributed by atoms with van der Waals surface area (Å²) in [7, 11) is 1.70. The molecule has 0 aliphatic heterocycles. The van der Waals surface area contributed by atoms with Crippen LogP contribution in [0.5, 0.6) is 0 Å². The molecule has 3 amide bonds. The van der Waals surface area contributed by atoms with Gasteiger partial charge in [0.25, 0.3) is 5.91 Å². The lowest BCUT2D eigenvalue weighted by Gasteiger charge is -2.15. The largest absolute Gasteiger partial charge is 0.376 e. The minimum absolute atomic E-state index is 0.0511.